The SMILES string of the molecule is CNC(C)C(=O)N(C)Cc1cc(Br)cs1. The fraction of sp³-hybridized carbons (Fsp3) is 0.500. The van der Waals surface area contributed by atoms with E-state index in [9.17, 15) is 4.79 Å². The molecule has 1 atom stereocenters. The van der Waals surface area contributed by atoms with Crippen LogP contribution in [0.5, 0.6) is 0 Å². The maximum atomic E-state index is 11.7. The molecule has 0 aromatic carbocycles. The van der Waals surface area contributed by atoms with Crippen LogP contribution in [-0.4, -0.2) is 30.9 Å². The first-order valence-electron chi connectivity index (χ1n) is 4.69. The van der Waals surface area contributed by atoms with Crippen molar-refractivity contribution >= 4 is 33.2 Å². The van der Waals surface area contributed by atoms with Gasteiger partial charge in [0.05, 0.1) is 12.6 Å². The van der Waals surface area contributed by atoms with Crippen LogP contribution >= 0.6 is 27.3 Å². The van der Waals surface area contributed by atoms with E-state index in [-0.39, 0.29) is 11.9 Å². The summed E-state index contributed by atoms with van der Waals surface area (Å²) < 4.78 is 1.07. The number of nitrogens with one attached hydrogen (secondary N) is 1. The Labute approximate surface area is 103 Å². The maximum absolute atomic E-state index is 11.7. The molecule has 0 aliphatic rings. The van der Waals surface area contributed by atoms with Crippen molar-refractivity contribution in [1.29, 1.82) is 0 Å². The first-order chi connectivity index (χ1) is 7.04. The van der Waals surface area contributed by atoms with E-state index in [1.165, 1.54) is 4.88 Å². The number of halogens is 1. The van der Waals surface area contributed by atoms with Crippen molar-refractivity contribution in [2.45, 2.75) is 19.5 Å². The minimum Gasteiger partial charge on any atom is -0.339 e. The number of amides is 1. The molecule has 0 bridgehead atoms. The van der Waals surface area contributed by atoms with E-state index in [1.54, 1.807) is 23.3 Å². The summed E-state index contributed by atoms with van der Waals surface area (Å²) in [5, 5.41) is 4.96. The van der Waals surface area contributed by atoms with Crippen molar-refractivity contribution < 1.29 is 4.79 Å². The average molecular weight is 291 g/mol. The van der Waals surface area contributed by atoms with Crippen LogP contribution in [0.25, 0.3) is 0 Å². The quantitative estimate of drug-likeness (QED) is 0.921. The van der Waals surface area contributed by atoms with Gasteiger partial charge in [0.15, 0.2) is 0 Å². The van der Waals surface area contributed by atoms with Gasteiger partial charge in [-0.2, -0.15) is 0 Å². The highest BCUT2D eigenvalue weighted by Gasteiger charge is 2.15. The molecule has 0 radical (unpaired) electrons. The van der Waals surface area contributed by atoms with Crippen LogP contribution in [0.2, 0.25) is 0 Å². The van der Waals surface area contributed by atoms with E-state index in [4.69, 9.17) is 0 Å². The van der Waals surface area contributed by atoms with Gasteiger partial charge in [-0.25, -0.2) is 0 Å². The van der Waals surface area contributed by atoms with Crippen LogP contribution in [0.4, 0.5) is 0 Å². The molecule has 0 saturated carbocycles. The highest BCUT2D eigenvalue weighted by molar-refractivity contribution is 9.10. The van der Waals surface area contributed by atoms with Crippen LogP contribution in [0.1, 0.15) is 11.8 Å². The van der Waals surface area contributed by atoms with Crippen molar-refractivity contribution in [3.8, 4) is 0 Å². The predicted octanol–water partition coefficient (Wildman–Crippen LogP) is 2.08. The van der Waals surface area contributed by atoms with E-state index in [0.717, 1.165) is 4.47 Å². The molecule has 84 valence electrons. The second-order valence-electron chi connectivity index (χ2n) is 3.44. The van der Waals surface area contributed by atoms with Gasteiger partial charge in [0.25, 0.3) is 0 Å². The van der Waals surface area contributed by atoms with Gasteiger partial charge in [-0.1, -0.05) is 0 Å². The van der Waals surface area contributed by atoms with Crippen LogP contribution in [0.3, 0.4) is 0 Å². The van der Waals surface area contributed by atoms with Gasteiger partial charge >= 0.3 is 0 Å². The molecule has 1 aromatic heterocycles. The van der Waals surface area contributed by atoms with Crippen LogP contribution in [0, 0.1) is 0 Å². The van der Waals surface area contributed by atoms with Gasteiger partial charge in [0.1, 0.15) is 0 Å². The third-order valence-corrected chi connectivity index (χ3v) is 3.88. The summed E-state index contributed by atoms with van der Waals surface area (Å²) in [6.07, 6.45) is 0. The van der Waals surface area contributed by atoms with E-state index >= 15 is 0 Å². The van der Waals surface area contributed by atoms with Gasteiger partial charge in [-0.05, 0) is 36.0 Å². The Hall–Kier alpha value is -0.390. The zero-order chi connectivity index (χ0) is 11.4. The van der Waals surface area contributed by atoms with Crippen LogP contribution < -0.4 is 5.32 Å². The smallest absolute Gasteiger partial charge is 0.239 e. The number of hydrogen-bond acceptors (Lipinski definition) is 3. The lowest BCUT2D eigenvalue weighted by atomic mass is 10.3. The molecule has 1 heterocycles. The number of likely N-dealkylation sites (N-methyl/N-ethyl adjacent to an activating group) is 2. The Kier molecular flexibility index (Phi) is 4.76. The van der Waals surface area contributed by atoms with Gasteiger partial charge < -0.3 is 10.2 Å². The summed E-state index contributed by atoms with van der Waals surface area (Å²) in [7, 11) is 3.61. The van der Waals surface area contributed by atoms with Gasteiger partial charge in [0.2, 0.25) is 5.91 Å². The fourth-order valence-electron chi connectivity index (χ4n) is 1.20. The molecular weight excluding hydrogens is 276 g/mol. The number of thiophene rings is 1. The van der Waals surface area contributed by atoms with E-state index in [1.807, 2.05) is 25.4 Å². The van der Waals surface area contributed by atoms with Crippen LogP contribution in [-0.2, 0) is 11.3 Å². The molecule has 0 saturated heterocycles. The standard InChI is InChI=1S/C10H15BrN2OS/c1-7(12-2)10(14)13(3)5-9-4-8(11)6-15-9/h4,6-7,12H,5H2,1-3H3. The lowest BCUT2D eigenvalue weighted by Crippen LogP contribution is -2.41. The Morgan fingerprint density at radius 1 is 1.73 bits per heavy atom. The second kappa shape index (κ2) is 5.63. The first-order valence-corrected chi connectivity index (χ1v) is 6.37. The van der Waals surface area contributed by atoms with Gasteiger partial charge in [0, 0.05) is 21.8 Å². The molecule has 0 fully saturated rings. The second-order valence-corrected chi connectivity index (χ2v) is 5.35. The Morgan fingerprint density at radius 3 is 2.87 bits per heavy atom. The molecule has 0 aliphatic carbocycles. The molecule has 5 heteroatoms. The number of carbonyl (C=O) groups excluding carboxylic acids is 1. The minimum atomic E-state index is -0.126. The van der Waals surface area contributed by atoms with E-state index in [0.29, 0.717) is 6.54 Å². The van der Waals surface area contributed by atoms with E-state index in [2.05, 4.69) is 21.2 Å². The fourth-order valence-corrected chi connectivity index (χ4v) is 2.71. The Balaban J connectivity index is 2.55. The van der Waals surface area contributed by atoms with Crippen molar-refractivity contribution in [2.24, 2.45) is 0 Å². The van der Waals surface area contributed by atoms with Gasteiger partial charge in [-0.3, -0.25) is 4.79 Å². The predicted molar refractivity (Wildman–Crippen MR) is 67.0 cm³/mol. The summed E-state index contributed by atoms with van der Waals surface area (Å²) in [4.78, 5) is 14.7. The average Bonchev–Trinajstić information content (AvgIpc) is 2.61. The highest BCUT2D eigenvalue weighted by Crippen LogP contribution is 2.20. The number of rotatable bonds is 4. The van der Waals surface area contributed by atoms with Crippen LogP contribution in [0.15, 0.2) is 15.9 Å². The lowest BCUT2D eigenvalue weighted by molar-refractivity contribution is -0.132. The Bertz CT molecular complexity index is 340. The molecule has 1 unspecified atom stereocenters. The molecule has 15 heavy (non-hydrogen) atoms. The largest absolute Gasteiger partial charge is 0.339 e. The zero-order valence-electron chi connectivity index (χ0n) is 9.08. The molecule has 1 N–H and O–H groups in total. The monoisotopic (exact) mass is 290 g/mol. The molecule has 3 nitrogen and oxygen atoms in total. The number of carbonyl (C=O) groups is 1. The Morgan fingerprint density at radius 2 is 2.40 bits per heavy atom. The summed E-state index contributed by atoms with van der Waals surface area (Å²) in [6.45, 7) is 2.53. The topological polar surface area (TPSA) is 32.3 Å². The summed E-state index contributed by atoms with van der Waals surface area (Å²) in [6, 6.07) is 1.91. The van der Waals surface area contributed by atoms with Crippen molar-refractivity contribution in [2.75, 3.05) is 14.1 Å². The minimum absolute atomic E-state index is 0.113. The molecule has 0 spiro atoms. The van der Waals surface area contributed by atoms with Gasteiger partial charge in [-0.15, -0.1) is 11.3 Å². The normalized spacial score (nSPS) is 12.5. The number of nitrogens with zero attached hydrogens (tertiary/aromatic N) is 1. The molecular formula is C10H15BrN2OS. The summed E-state index contributed by atoms with van der Waals surface area (Å²) >= 11 is 5.05. The van der Waals surface area contributed by atoms with Crippen molar-refractivity contribution in [3.63, 3.8) is 0 Å². The third-order valence-electron chi connectivity index (χ3n) is 2.19. The maximum Gasteiger partial charge on any atom is 0.239 e. The summed E-state index contributed by atoms with van der Waals surface area (Å²) in [5.41, 5.74) is 0. The molecule has 0 aliphatic heterocycles. The zero-order valence-corrected chi connectivity index (χ0v) is 11.5. The third kappa shape index (κ3) is 3.59. The van der Waals surface area contributed by atoms with Crippen molar-refractivity contribution in [1.82, 2.24) is 10.2 Å². The molecule has 1 rings (SSSR count). The lowest BCUT2D eigenvalue weighted by Gasteiger charge is -2.20. The molecule has 1 aromatic rings. The number of hydrogen-bond donors (Lipinski definition) is 1. The summed E-state index contributed by atoms with van der Waals surface area (Å²) in [5.74, 6) is 0.113. The highest BCUT2D eigenvalue weighted by atomic mass is 79.9. The molecule has 1 amide bonds. The first kappa shape index (κ1) is 12.7. The van der Waals surface area contributed by atoms with Crippen molar-refractivity contribution in [3.05, 3.63) is 20.8 Å². The van der Waals surface area contributed by atoms with E-state index < -0.39 is 0 Å².